The molecule has 134 valence electrons. The van der Waals surface area contributed by atoms with Crippen LogP contribution in [0.15, 0.2) is 42.9 Å². The fourth-order valence-electron chi connectivity index (χ4n) is 3.72. The molecule has 3 N–H and O–H groups in total. The van der Waals surface area contributed by atoms with Crippen LogP contribution < -0.4 is 5.73 Å². The van der Waals surface area contributed by atoms with Crippen molar-refractivity contribution in [3.8, 4) is 0 Å². The number of rotatable bonds is 4. The summed E-state index contributed by atoms with van der Waals surface area (Å²) >= 11 is 0. The number of hydrogen-bond donors (Lipinski definition) is 2. The number of nitrogens with two attached hydrogens (primary N) is 1. The van der Waals surface area contributed by atoms with Gasteiger partial charge >= 0.3 is 0 Å². The predicted octanol–water partition coefficient (Wildman–Crippen LogP) is 1.87. The van der Waals surface area contributed by atoms with E-state index in [0.717, 1.165) is 36.1 Å². The lowest BCUT2D eigenvalue weighted by Crippen LogP contribution is -2.40. The minimum absolute atomic E-state index is 0.0270. The predicted molar refractivity (Wildman–Crippen MR) is 97.6 cm³/mol. The van der Waals surface area contributed by atoms with Crippen molar-refractivity contribution < 1.29 is 9.59 Å². The number of amides is 2. The number of benzene rings is 1. The minimum atomic E-state index is -0.396. The number of nitrogens with one attached hydrogen (secondary N) is 1. The van der Waals surface area contributed by atoms with Crippen molar-refractivity contribution in [1.82, 2.24) is 19.4 Å². The highest BCUT2D eigenvalue weighted by Gasteiger charge is 2.28. The molecule has 0 radical (unpaired) electrons. The summed E-state index contributed by atoms with van der Waals surface area (Å²) in [6.07, 6.45) is 7.16. The largest absolute Gasteiger partial charge is 0.368 e. The molecular weight excluding hydrogens is 330 g/mol. The Kier molecular flexibility index (Phi) is 4.20. The SMILES string of the molecule is NC(=O)Cn1ccnc1[C@@H]1CCCN(C(=O)c2ccc3cc[nH]c3c2)C1. The molecule has 0 bridgehead atoms. The number of piperidine rings is 1. The second-order valence-corrected chi connectivity index (χ2v) is 6.75. The summed E-state index contributed by atoms with van der Waals surface area (Å²) in [7, 11) is 0. The lowest BCUT2D eigenvalue weighted by Gasteiger charge is -2.32. The first kappa shape index (κ1) is 16.4. The zero-order valence-electron chi connectivity index (χ0n) is 14.4. The van der Waals surface area contributed by atoms with Crippen LogP contribution in [0, 0.1) is 0 Å². The van der Waals surface area contributed by atoms with Gasteiger partial charge in [-0.2, -0.15) is 0 Å². The van der Waals surface area contributed by atoms with Crippen LogP contribution in [0.1, 0.15) is 34.9 Å². The van der Waals surface area contributed by atoms with E-state index < -0.39 is 5.91 Å². The summed E-state index contributed by atoms with van der Waals surface area (Å²) in [6, 6.07) is 7.71. The average Bonchev–Trinajstić information content (AvgIpc) is 3.29. The van der Waals surface area contributed by atoms with Crippen molar-refractivity contribution in [1.29, 1.82) is 0 Å². The van der Waals surface area contributed by atoms with Crippen LogP contribution in [0.25, 0.3) is 10.9 Å². The van der Waals surface area contributed by atoms with Crippen molar-refractivity contribution in [2.24, 2.45) is 5.73 Å². The van der Waals surface area contributed by atoms with E-state index in [1.807, 2.05) is 35.4 Å². The number of fused-ring (bicyclic) bond motifs is 1. The monoisotopic (exact) mass is 351 g/mol. The van der Waals surface area contributed by atoms with Gasteiger partial charge in [0.1, 0.15) is 12.4 Å². The van der Waals surface area contributed by atoms with Crippen molar-refractivity contribution in [3.05, 3.63) is 54.2 Å². The van der Waals surface area contributed by atoms with Gasteiger partial charge in [-0.15, -0.1) is 0 Å². The minimum Gasteiger partial charge on any atom is -0.368 e. The second-order valence-electron chi connectivity index (χ2n) is 6.75. The molecule has 3 aromatic rings. The molecule has 1 aliphatic rings. The Labute approximate surface area is 150 Å². The highest BCUT2D eigenvalue weighted by atomic mass is 16.2. The molecule has 0 saturated carbocycles. The van der Waals surface area contributed by atoms with E-state index in [0.29, 0.717) is 12.1 Å². The Morgan fingerprint density at radius 1 is 1.31 bits per heavy atom. The number of likely N-dealkylation sites (tertiary alicyclic amines) is 1. The standard InChI is InChI=1S/C19H21N5O2/c20-17(25)12-23-9-7-22-18(23)15-2-1-8-24(11-15)19(26)14-4-3-13-5-6-21-16(13)10-14/h3-7,9-10,15,21H,1-2,8,11-12H2,(H2,20,25)/t15-/m1/s1. The lowest BCUT2D eigenvalue weighted by atomic mass is 9.96. The van der Waals surface area contributed by atoms with Gasteiger partial charge in [-0.05, 0) is 36.4 Å². The molecule has 0 unspecified atom stereocenters. The van der Waals surface area contributed by atoms with Crippen molar-refractivity contribution in [2.45, 2.75) is 25.3 Å². The van der Waals surface area contributed by atoms with E-state index in [1.165, 1.54) is 0 Å². The van der Waals surface area contributed by atoms with E-state index in [9.17, 15) is 9.59 Å². The number of nitrogens with zero attached hydrogens (tertiary/aromatic N) is 3. The number of imidazole rings is 1. The third-order valence-electron chi connectivity index (χ3n) is 4.95. The quantitative estimate of drug-likeness (QED) is 0.751. The fraction of sp³-hybridized carbons (Fsp3) is 0.316. The number of aromatic nitrogens is 3. The molecular formula is C19H21N5O2. The van der Waals surface area contributed by atoms with Gasteiger partial charge in [-0.25, -0.2) is 4.98 Å². The number of aromatic amines is 1. The first-order chi connectivity index (χ1) is 12.6. The first-order valence-electron chi connectivity index (χ1n) is 8.77. The van der Waals surface area contributed by atoms with Crippen LogP contribution in [0.4, 0.5) is 0 Å². The van der Waals surface area contributed by atoms with Crippen LogP contribution in [0.2, 0.25) is 0 Å². The summed E-state index contributed by atoms with van der Waals surface area (Å²) in [6.45, 7) is 1.44. The molecule has 1 saturated heterocycles. The molecule has 2 amide bonds. The molecule has 0 aliphatic carbocycles. The van der Waals surface area contributed by atoms with Crippen molar-refractivity contribution >= 4 is 22.7 Å². The zero-order chi connectivity index (χ0) is 18.1. The maximum Gasteiger partial charge on any atom is 0.253 e. The second kappa shape index (κ2) is 6.67. The molecule has 4 rings (SSSR count). The maximum atomic E-state index is 13.0. The van der Waals surface area contributed by atoms with Gasteiger partial charge in [0.05, 0.1) is 0 Å². The van der Waals surface area contributed by atoms with E-state index in [-0.39, 0.29) is 18.4 Å². The molecule has 1 aromatic carbocycles. The molecule has 1 aliphatic heterocycles. The molecule has 2 aromatic heterocycles. The summed E-state index contributed by atoms with van der Waals surface area (Å²) in [5, 5.41) is 1.09. The van der Waals surface area contributed by atoms with Crippen LogP contribution in [-0.4, -0.2) is 44.3 Å². The molecule has 1 atom stereocenters. The lowest BCUT2D eigenvalue weighted by molar-refractivity contribution is -0.118. The fourth-order valence-corrected chi connectivity index (χ4v) is 3.72. The van der Waals surface area contributed by atoms with Gasteiger partial charge in [-0.3, -0.25) is 9.59 Å². The van der Waals surface area contributed by atoms with Gasteiger partial charge in [0, 0.05) is 48.7 Å². The molecule has 7 nitrogen and oxygen atoms in total. The van der Waals surface area contributed by atoms with Crippen LogP contribution in [0.3, 0.4) is 0 Å². The van der Waals surface area contributed by atoms with E-state index in [1.54, 1.807) is 17.0 Å². The third kappa shape index (κ3) is 3.08. The van der Waals surface area contributed by atoms with Crippen molar-refractivity contribution in [3.63, 3.8) is 0 Å². The van der Waals surface area contributed by atoms with Gasteiger partial charge in [0.25, 0.3) is 5.91 Å². The Morgan fingerprint density at radius 3 is 3.04 bits per heavy atom. The molecule has 0 spiro atoms. The average molecular weight is 351 g/mol. The topological polar surface area (TPSA) is 97.0 Å². The number of carbonyl (C=O) groups excluding carboxylic acids is 2. The van der Waals surface area contributed by atoms with Gasteiger partial charge in [0.2, 0.25) is 5.91 Å². The maximum absolute atomic E-state index is 13.0. The Bertz CT molecular complexity index is 958. The Morgan fingerprint density at radius 2 is 2.19 bits per heavy atom. The van der Waals surface area contributed by atoms with Crippen LogP contribution in [-0.2, 0) is 11.3 Å². The molecule has 26 heavy (non-hydrogen) atoms. The summed E-state index contributed by atoms with van der Waals surface area (Å²) in [4.78, 5) is 33.6. The number of H-pyrrole nitrogens is 1. The number of carbonyl (C=O) groups is 2. The summed E-state index contributed by atoms with van der Waals surface area (Å²) < 4.78 is 1.78. The molecule has 1 fully saturated rings. The van der Waals surface area contributed by atoms with Crippen molar-refractivity contribution in [2.75, 3.05) is 13.1 Å². The third-order valence-corrected chi connectivity index (χ3v) is 4.95. The normalized spacial score (nSPS) is 17.5. The zero-order valence-corrected chi connectivity index (χ0v) is 14.4. The van der Waals surface area contributed by atoms with Crippen LogP contribution in [0.5, 0.6) is 0 Å². The number of primary amides is 1. The van der Waals surface area contributed by atoms with Gasteiger partial charge in [0.15, 0.2) is 0 Å². The highest BCUT2D eigenvalue weighted by Crippen LogP contribution is 2.27. The summed E-state index contributed by atoms with van der Waals surface area (Å²) in [5.41, 5.74) is 6.96. The smallest absolute Gasteiger partial charge is 0.253 e. The molecule has 3 heterocycles. The van der Waals surface area contributed by atoms with E-state index in [4.69, 9.17) is 5.73 Å². The van der Waals surface area contributed by atoms with Crippen LogP contribution >= 0.6 is 0 Å². The Hall–Kier alpha value is -3.09. The van der Waals surface area contributed by atoms with E-state index in [2.05, 4.69) is 9.97 Å². The molecule has 7 heteroatoms. The summed E-state index contributed by atoms with van der Waals surface area (Å²) in [5.74, 6) is 0.559. The Balaban J connectivity index is 1.53. The van der Waals surface area contributed by atoms with Gasteiger partial charge in [-0.1, -0.05) is 6.07 Å². The highest BCUT2D eigenvalue weighted by molar-refractivity contribution is 5.98. The van der Waals surface area contributed by atoms with Gasteiger partial charge < -0.3 is 20.2 Å². The van der Waals surface area contributed by atoms with E-state index >= 15 is 0 Å². The first-order valence-corrected chi connectivity index (χ1v) is 8.77. The number of hydrogen-bond acceptors (Lipinski definition) is 3.